The van der Waals surface area contributed by atoms with Crippen molar-refractivity contribution in [3.05, 3.63) is 65.2 Å². The molecule has 0 bridgehead atoms. The van der Waals surface area contributed by atoms with Crippen LogP contribution in [0.4, 0.5) is 0 Å². The summed E-state index contributed by atoms with van der Waals surface area (Å²) < 4.78 is 0. The van der Waals surface area contributed by atoms with Crippen molar-refractivity contribution in [3.8, 4) is 0 Å². The van der Waals surface area contributed by atoms with Crippen LogP contribution in [0.5, 0.6) is 0 Å². The van der Waals surface area contributed by atoms with Crippen LogP contribution in [0.2, 0.25) is 5.02 Å². The lowest BCUT2D eigenvalue weighted by molar-refractivity contribution is 0.575. The maximum absolute atomic E-state index is 6.17. The molecule has 0 spiro atoms. The molecule has 1 atom stereocenters. The van der Waals surface area contributed by atoms with Gasteiger partial charge in [0, 0.05) is 21.7 Å². The summed E-state index contributed by atoms with van der Waals surface area (Å²) in [5.74, 6) is 6.54. The number of rotatable bonds is 6. The summed E-state index contributed by atoms with van der Waals surface area (Å²) in [5, 5.41) is 0.799. The molecule has 0 amide bonds. The Morgan fingerprint density at radius 2 is 1.74 bits per heavy atom. The lowest BCUT2D eigenvalue weighted by atomic mass is 10.1. The fourth-order valence-corrected chi connectivity index (χ4v) is 2.98. The number of nitrogens with two attached hydrogens (primary N) is 1. The molecule has 0 aliphatic rings. The second-order valence-corrected chi connectivity index (χ2v) is 5.78. The van der Waals surface area contributed by atoms with Crippen molar-refractivity contribution in [1.82, 2.24) is 5.43 Å². The molecule has 0 fully saturated rings. The Morgan fingerprint density at radius 1 is 1.05 bits per heavy atom. The first kappa shape index (κ1) is 14.4. The summed E-state index contributed by atoms with van der Waals surface area (Å²) in [6.07, 6.45) is 0.829. The van der Waals surface area contributed by atoms with Gasteiger partial charge in [0.15, 0.2) is 0 Å². The van der Waals surface area contributed by atoms with E-state index >= 15 is 0 Å². The summed E-state index contributed by atoms with van der Waals surface area (Å²) in [6, 6.07) is 18.4. The molecule has 0 saturated heterocycles. The maximum atomic E-state index is 6.17. The Hall–Kier alpha value is -1.00. The first-order valence-corrected chi connectivity index (χ1v) is 7.53. The number of nitrogens with one attached hydrogen (secondary N) is 1. The molecule has 0 saturated carbocycles. The highest BCUT2D eigenvalue weighted by atomic mass is 35.5. The number of hydrogen-bond donors (Lipinski definition) is 2. The van der Waals surface area contributed by atoms with Crippen LogP contribution in [0.15, 0.2) is 59.5 Å². The van der Waals surface area contributed by atoms with Crippen LogP contribution in [0.1, 0.15) is 5.56 Å². The normalized spacial score (nSPS) is 12.3. The van der Waals surface area contributed by atoms with Crippen molar-refractivity contribution >= 4 is 23.4 Å². The van der Waals surface area contributed by atoms with Crippen LogP contribution < -0.4 is 11.3 Å². The van der Waals surface area contributed by atoms with Crippen molar-refractivity contribution in [1.29, 1.82) is 0 Å². The zero-order chi connectivity index (χ0) is 13.5. The van der Waals surface area contributed by atoms with Gasteiger partial charge in [-0.3, -0.25) is 11.3 Å². The van der Waals surface area contributed by atoms with Crippen LogP contribution in [0.25, 0.3) is 0 Å². The van der Waals surface area contributed by atoms with Crippen molar-refractivity contribution in [3.63, 3.8) is 0 Å². The number of hydrazine groups is 1. The van der Waals surface area contributed by atoms with Gasteiger partial charge in [0.2, 0.25) is 0 Å². The summed E-state index contributed by atoms with van der Waals surface area (Å²) >= 11 is 7.96. The molecule has 2 aromatic rings. The van der Waals surface area contributed by atoms with E-state index in [9.17, 15) is 0 Å². The van der Waals surface area contributed by atoms with E-state index in [0.29, 0.717) is 0 Å². The monoisotopic (exact) mass is 292 g/mol. The zero-order valence-electron chi connectivity index (χ0n) is 10.6. The number of halogens is 1. The predicted molar refractivity (Wildman–Crippen MR) is 83.4 cm³/mol. The largest absolute Gasteiger partial charge is 0.271 e. The molecule has 0 aliphatic heterocycles. The molecule has 1 unspecified atom stereocenters. The van der Waals surface area contributed by atoms with Crippen molar-refractivity contribution in [2.45, 2.75) is 17.4 Å². The van der Waals surface area contributed by atoms with E-state index in [1.54, 1.807) is 11.8 Å². The first-order chi connectivity index (χ1) is 9.29. The molecular weight excluding hydrogens is 276 g/mol. The molecule has 4 heteroatoms. The molecule has 100 valence electrons. The first-order valence-electron chi connectivity index (χ1n) is 6.17. The fraction of sp³-hybridized carbons (Fsp3) is 0.200. The van der Waals surface area contributed by atoms with Gasteiger partial charge in [0.05, 0.1) is 0 Å². The molecule has 0 radical (unpaired) electrons. The maximum Gasteiger partial charge on any atom is 0.0438 e. The average Bonchev–Trinajstić information content (AvgIpc) is 2.46. The topological polar surface area (TPSA) is 38.0 Å². The molecule has 0 aromatic heterocycles. The zero-order valence-corrected chi connectivity index (χ0v) is 12.1. The van der Waals surface area contributed by atoms with Gasteiger partial charge in [-0.2, -0.15) is 0 Å². The fourth-order valence-electron chi connectivity index (χ4n) is 1.81. The van der Waals surface area contributed by atoms with Crippen LogP contribution in [-0.4, -0.2) is 11.8 Å². The number of hydrogen-bond acceptors (Lipinski definition) is 3. The van der Waals surface area contributed by atoms with Gasteiger partial charge in [-0.25, -0.2) is 0 Å². The Morgan fingerprint density at radius 3 is 2.42 bits per heavy atom. The summed E-state index contributed by atoms with van der Waals surface area (Å²) in [6.45, 7) is 0. The van der Waals surface area contributed by atoms with E-state index in [1.807, 2.05) is 42.5 Å². The highest BCUT2D eigenvalue weighted by Gasteiger charge is 2.10. The third kappa shape index (κ3) is 4.55. The highest BCUT2D eigenvalue weighted by molar-refractivity contribution is 7.99. The second-order valence-electron chi connectivity index (χ2n) is 4.28. The molecule has 2 nitrogen and oxygen atoms in total. The van der Waals surface area contributed by atoms with Crippen LogP contribution in [-0.2, 0) is 6.42 Å². The van der Waals surface area contributed by atoms with E-state index in [4.69, 9.17) is 17.4 Å². The standard InChI is InChI=1S/C15H17ClN2S/c16-15-9-5-4-6-12(15)10-13(18-17)11-19-14-7-2-1-3-8-14/h1-9,13,18H,10-11,17H2. The van der Waals surface area contributed by atoms with Gasteiger partial charge < -0.3 is 0 Å². The van der Waals surface area contributed by atoms with E-state index in [1.165, 1.54) is 4.90 Å². The molecule has 2 aromatic carbocycles. The minimum atomic E-state index is 0.199. The molecule has 0 heterocycles. The van der Waals surface area contributed by atoms with Crippen LogP contribution >= 0.6 is 23.4 Å². The number of benzene rings is 2. The van der Waals surface area contributed by atoms with Crippen molar-refractivity contribution < 1.29 is 0 Å². The Bertz CT molecular complexity index is 505. The van der Waals surface area contributed by atoms with Gasteiger partial charge in [-0.15, -0.1) is 11.8 Å². The van der Waals surface area contributed by atoms with E-state index in [0.717, 1.165) is 22.8 Å². The average molecular weight is 293 g/mol. The highest BCUT2D eigenvalue weighted by Crippen LogP contribution is 2.21. The second kappa shape index (κ2) is 7.56. The van der Waals surface area contributed by atoms with E-state index in [2.05, 4.69) is 17.6 Å². The summed E-state index contributed by atoms with van der Waals surface area (Å²) in [5.41, 5.74) is 3.99. The lowest BCUT2D eigenvalue weighted by Crippen LogP contribution is -2.38. The van der Waals surface area contributed by atoms with Gasteiger partial charge in [0.25, 0.3) is 0 Å². The third-order valence-electron chi connectivity index (χ3n) is 2.85. The molecule has 3 N–H and O–H groups in total. The Kier molecular flexibility index (Phi) is 5.73. The van der Waals surface area contributed by atoms with E-state index < -0.39 is 0 Å². The lowest BCUT2D eigenvalue weighted by Gasteiger charge is -2.16. The van der Waals surface area contributed by atoms with Gasteiger partial charge in [-0.1, -0.05) is 48.0 Å². The van der Waals surface area contributed by atoms with Crippen LogP contribution in [0.3, 0.4) is 0 Å². The number of thioether (sulfide) groups is 1. The minimum absolute atomic E-state index is 0.199. The summed E-state index contributed by atoms with van der Waals surface area (Å²) in [7, 11) is 0. The van der Waals surface area contributed by atoms with E-state index in [-0.39, 0.29) is 6.04 Å². The molecule has 19 heavy (non-hydrogen) atoms. The third-order valence-corrected chi connectivity index (χ3v) is 4.40. The van der Waals surface area contributed by atoms with Gasteiger partial charge >= 0.3 is 0 Å². The minimum Gasteiger partial charge on any atom is -0.271 e. The SMILES string of the molecule is NNC(CSc1ccccc1)Cc1ccccc1Cl. The van der Waals surface area contributed by atoms with Gasteiger partial charge in [0.1, 0.15) is 0 Å². The Labute approximate surface area is 123 Å². The predicted octanol–water partition coefficient (Wildman–Crippen LogP) is 3.51. The molecular formula is C15H17ClN2S. The smallest absolute Gasteiger partial charge is 0.0438 e. The van der Waals surface area contributed by atoms with Crippen molar-refractivity contribution in [2.75, 3.05) is 5.75 Å². The summed E-state index contributed by atoms with van der Waals surface area (Å²) in [4.78, 5) is 1.25. The quantitative estimate of drug-likeness (QED) is 0.486. The van der Waals surface area contributed by atoms with Crippen molar-refractivity contribution in [2.24, 2.45) is 5.84 Å². The molecule has 0 aliphatic carbocycles. The van der Waals surface area contributed by atoms with Gasteiger partial charge in [-0.05, 0) is 30.2 Å². The van der Waals surface area contributed by atoms with Crippen LogP contribution in [0, 0.1) is 0 Å². The Balaban J connectivity index is 1.92. The molecule has 2 rings (SSSR count).